The molecule has 0 saturated carbocycles. The topological polar surface area (TPSA) is 41.1 Å². The molecule has 100 valence electrons. The van der Waals surface area contributed by atoms with Crippen molar-refractivity contribution in [2.45, 2.75) is 19.9 Å². The smallest absolute Gasteiger partial charge is 0.221 e. The predicted molar refractivity (Wildman–Crippen MR) is 82.1 cm³/mol. The van der Waals surface area contributed by atoms with Gasteiger partial charge in [0.05, 0.1) is 4.34 Å². The second-order valence-electron chi connectivity index (χ2n) is 4.31. The van der Waals surface area contributed by atoms with E-state index in [4.69, 9.17) is 11.6 Å². The maximum absolute atomic E-state index is 11.0. The molecule has 1 aromatic carbocycles. The minimum absolute atomic E-state index is 0.0742. The fourth-order valence-corrected chi connectivity index (χ4v) is 2.76. The van der Waals surface area contributed by atoms with Crippen molar-refractivity contribution in [1.82, 2.24) is 0 Å². The van der Waals surface area contributed by atoms with E-state index in [1.54, 1.807) is 0 Å². The molecule has 2 N–H and O–H groups in total. The average Bonchev–Trinajstić information content (AvgIpc) is 2.75. The fraction of sp³-hybridized carbons (Fsp3) is 0.214. The van der Waals surface area contributed by atoms with Crippen LogP contribution in [0.5, 0.6) is 0 Å². The summed E-state index contributed by atoms with van der Waals surface area (Å²) in [6.07, 6.45) is 0. The molecular formula is C14H15ClN2OS. The lowest BCUT2D eigenvalue weighted by Gasteiger charge is -2.15. The summed E-state index contributed by atoms with van der Waals surface area (Å²) in [4.78, 5) is 11.0. The van der Waals surface area contributed by atoms with E-state index in [-0.39, 0.29) is 11.9 Å². The highest BCUT2D eigenvalue weighted by Gasteiger charge is 2.08. The molecule has 19 heavy (non-hydrogen) atoms. The van der Waals surface area contributed by atoms with Crippen LogP contribution < -0.4 is 10.6 Å². The molecule has 1 unspecified atom stereocenters. The van der Waals surface area contributed by atoms with Crippen LogP contribution >= 0.6 is 22.9 Å². The van der Waals surface area contributed by atoms with Crippen molar-refractivity contribution in [3.8, 4) is 0 Å². The number of anilines is 2. The van der Waals surface area contributed by atoms with Gasteiger partial charge in [0.15, 0.2) is 0 Å². The van der Waals surface area contributed by atoms with Gasteiger partial charge in [-0.25, -0.2) is 0 Å². The number of rotatable bonds is 4. The molecule has 0 aliphatic carbocycles. The summed E-state index contributed by atoms with van der Waals surface area (Å²) in [6.45, 7) is 3.57. The van der Waals surface area contributed by atoms with E-state index in [0.29, 0.717) is 0 Å². The fourth-order valence-electron chi connectivity index (χ4n) is 1.77. The molecule has 1 amide bonds. The van der Waals surface area contributed by atoms with Gasteiger partial charge in [0.25, 0.3) is 0 Å². The van der Waals surface area contributed by atoms with Crippen molar-refractivity contribution in [2.75, 3.05) is 10.6 Å². The maximum atomic E-state index is 11.0. The van der Waals surface area contributed by atoms with Crippen LogP contribution in [-0.2, 0) is 4.79 Å². The quantitative estimate of drug-likeness (QED) is 0.869. The highest BCUT2D eigenvalue weighted by Crippen LogP contribution is 2.27. The zero-order valence-electron chi connectivity index (χ0n) is 10.7. The second-order valence-corrected chi connectivity index (χ2v) is 5.85. The van der Waals surface area contributed by atoms with Crippen LogP contribution in [-0.4, -0.2) is 5.91 Å². The number of amides is 1. The van der Waals surface area contributed by atoms with Crippen LogP contribution in [0.15, 0.2) is 35.7 Å². The molecular weight excluding hydrogens is 280 g/mol. The van der Waals surface area contributed by atoms with E-state index >= 15 is 0 Å². The molecule has 1 heterocycles. The average molecular weight is 295 g/mol. The molecule has 1 aromatic heterocycles. The third-order valence-corrected chi connectivity index (χ3v) is 3.76. The Bertz CT molecular complexity index is 582. The van der Waals surface area contributed by atoms with Crippen LogP contribution in [0.4, 0.5) is 11.4 Å². The molecule has 2 rings (SSSR count). The largest absolute Gasteiger partial charge is 0.378 e. The van der Waals surface area contributed by atoms with Crippen molar-refractivity contribution < 1.29 is 4.79 Å². The Kier molecular flexibility index (Phi) is 4.45. The summed E-state index contributed by atoms with van der Waals surface area (Å²) in [5.41, 5.74) is 2.90. The summed E-state index contributed by atoms with van der Waals surface area (Å²) in [5, 5.41) is 8.19. The van der Waals surface area contributed by atoms with Crippen LogP contribution in [0.2, 0.25) is 4.34 Å². The number of benzene rings is 1. The zero-order chi connectivity index (χ0) is 13.8. The third kappa shape index (κ3) is 3.98. The molecule has 0 aliphatic rings. The van der Waals surface area contributed by atoms with Gasteiger partial charge in [0, 0.05) is 24.3 Å². The molecule has 0 spiro atoms. The minimum Gasteiger partial charge on any atom is -0.378 e. The van der Waals surface area contributed by atoms with E-state index in [0.717, 1.165) is 21.3 Å². The first kappa shape index (κ1) is 13.9. The third-order valence-electron chi connectivity index (χ3n) is 2.65. The standard InChI is InChI=1S/C14H15ClN2OS/c1-9(11-6-14(15)19-8-11)16-12-4-3-5-13(7-12)17-10(2)18/h3-9,16H,1-2H3,(H,17,18). The van der Waals surface area contributed by atoms with Gasteiger partial charge < -0.3 is 10.6 Å². The SMILES string of the molecule is CC(=O)Nc1cccc(NC(C)c2csc(Cl)c2)c1. The molecule has 0 saturated heterocycles. The number of carbonyl (C=O) groups is 1. The number of halogens is 1. The first-order valence-corrected chi connectivity index (χ1v) is 7.18. The summed E-state index contributed by atoms with van der Waals surface area (Å²) >= 11 is 7.46. The maximum Gasteiger partial charge on any atom is 0.221 e. The van der Waals surface area contributed by atoms with Crippen LogP contribution in [0, 0.1) is 0 Å². The summed E-state index contributed by atoms with van der Waals surface area (Å²) in [7, 11) is 0. The van der Waals surface area contributed by atoms with Crippen molar-refractivity contribution in [3.63, 3.8) is 0 Å². The van der Waals surface area contributed by atoms with Crippen molar-refractivity contribution in [1.29, 1.82) is 0 Å². The monoisotopic (exact) mass is 294 g/mol. The highest BCUT2D eigenvalue weighted by molar-refractivity contribution is 7.14. The van der Waals surface area contributed by atoms with Crippen molar-refractivity contribution in [3.05, 3.63) is 45.6 Å². The lowest BCUT2D eigenvalue weighted by molar-refractivity contribution is -0.114. The first-order valence-electron chi connectivity index (χ1n) is 5.93. The van der Waals surface area contributed by atoms with Crippen LogP contribution in [0.3, 0.4) is 0 Å². The normalized spacial score (nSPS) is 11.9. The van der Waals surface area contributed by atoms with Crippen molar-refractivity contribution in [2.24, 2.45) is 0 Å². The Morgan fingerprint density at radius 2 is 2.05 bits per heavy atom. The number of hydrogen-bond acceptors (Lipinski definition) is 3. The molecule has 0 bridgehead atoms. The van der Waals surface area contributed by atoms with Gasteiger partial charge in [-0.2, -0.15) is 0 Å². The highest BCUT2D eigenvalue weighted by atomic mass is 35.5. The first-order chi connectivity index (χ1) is 9.04. The number of hydrogen-bond donors (Lipinski definition) is 2. The van der Waals surface area contributed by atoms with E-state index in [1.165, 1.54) is 18.3 Å². The lowest BCUT2D eigenvalue weighted by atomic mass is 10.1. The molecule has 5 heteroatoms. The Labute approximate surface area is 121 Å². The van der Waals surface area contributed by atoms with Gasteiger partial charge in [-0.1, -0.05) is 17.7 Å². The van der Waals surface area contributed by atoms with E-state index in [9.17, 15) is 4.79 Å². The molecule has 1 atom stereocenters. The van der Waals surface area contributed by atoms with Gasteiger partial charge in [-0.3, -0.25) is 4.79 Å². The van der Waals surface area contributed by atoms with Gasteiger partial charge >= 0.3 is 0 Å². The molecule has 0 fully saturated rings. The van der Waals surface area contributed by atoms with Gasteiger partial charge in [0.1, 0.15) is 0 Å². The Morgan fingerprint density at radius 1 is 1.32 bits per heavy atom. The number of carbonyl (C=O) groups excluding carboxylic acids is 1. The van der Waals surface area contributed by atoms with E-state index < -0.39 is 0 Å². The molecule has 2 aromatic rings. The summed E-state index contributed by atoms with van der Waals surface area (Å²) < 4.78 is 0.788. The minimum atomic E-state index is -0.0742. The summed E-state index contributed by atoms with van der Waals surface area (Å²) in [5.74, 6) is -0.0742. The van der Waals surface area contributed by atoms with Gasteiger partial charge in [-0.05, 0) is 42.1 Å². The zero-order valence-corrected chi connectivity index (χ0v) is 12.3. The second kappa shape index (κ2) is 6.08. The molecule has 0 aliphatic heterocycles. The van der Waals surface area contributed by atoms with Crippen molar-refractivity contribution >= 4 is 40.2 Å². The Hall–Kier alpha value is -1.52. The van der Waals surface area contributed by atoms with Crippen LogP contribution in [0.1, 0.15) is 25.5 Å². The Balaban J connectivity index is 2.08. The molecule has 0 radical (unpaired) electrons. The number of thiophene rings is 1. The predicted octanol–water partition coefficient (Wildman–Crippen LogP) is 4.53. The molecule has 3 nitrogen and oxygen atoms in total. The van der Waals surface area contributed by atoms with E-state index in [1.807, 2.05) is 35.7 Å². The Morgan fingerprint density at radius 3 is 2.68 bits per heavy atom. The number of nitrogens with one attached hydrogen (secondary N) is 2. The van der Waals surface area contributed by atoms with E-state index in [2.05, 4.69) is 17.6 Å². The van der Waals surface area contributed by atoms with Gasteiger partial charge in [-0.15, -0.1) is 11.3 Å². The summed E-state index contributed by atoms with van der Waals surface area (Å²) in [6, 6.07) is 9.76. The lowest BCUT2D eigenvalue weighted by Crippen LogP contribution is -2.08. The van der Waals surface area contributed by atoms with Crippen LogP contribution in [0.25, 0.3) is 0 Å². The van der Waals surface area contributed by atoms with Gasteiger partial charge in [0.2, 0.25) is 5.91 Å².